The van der Waals surface area contributed by atoms with E-state index in [1.807, 2.05) is 24.3 Å². The zero-order valence-corrected chi connectivity index (χ0v) is 20.8. The van der Waals surface area contributed by atoms with Gasteiger partial charge in [0.05, 0.1) is 31.7 Å². The minimum Gasteiger partial charge on any atom is -0.495 e. The fourth-order valence-electron chi connectivity index (χ4n) is 4.81. The zero-order valence-electron chi connectivity index (χ0n) is 20.0. The first kappa shape index (κ1) is 24.5. The van der Waals surface area contributed by atoms with Gasteiger partial charge < -0.3 is 19.7 Å². The quantitative estimate of drug-likeness (QED) is 0.672. The van der Waals surface area contributed by atoms with Crippen LogP contribution in [-0.2, 0) is 14.8 Å². The molecule has 4 rings (SSSR count). The van der Waals surface area contributed by atoms with Gasteiger partial charge in [-0.25, -0.2) is 8.42 Å². The van der Waals surface area contributed by atoms with Crippen LogP contribution in [0, 0.1) is 11.8 Å². The van der Waals surface area contributed by atoms with Crippen molar-refractivity contribution >= 4 is 27.3 Å². The Balaban J connectivity index is 1.62. The highest BCUT2D eigenvalue weighted by atomic mass is 32.2. The summed E-state index contributed by atoms with van der Waals surface area (Å²) in [7, 11) is -2.38. The van der Waals surface area contributed by atoms with E-state index in [-0.39, 0.29) is 34.0 Å². The summed E-state index contributed by atoms with van der Waals surface area (Å²) >= 11 is 0. The van der Waals surface area contributed by atoms with Crippen molar-refractivity contribution in [1.82, 2.24) is 4.31 Å². The predicted molar refractivity (Wildman–Crippen MR) is 132 cm³/mol. The van der Waals surface area contributed by atoms with Crippen LogP contribution >= 0.6 is 0 Å². The van der Waals surface area contributed by atoms with Crippen LogP contribution in [0.4, 0.5) is 11.4 Å². The zero-order chi connectivity index (χ0) is 24.3. The maximum atomic E-state index is 13.5. The summed E-state index contributed by atoms with van der Waals surface area (Å²) < 4.78 is 39.4. The van der Waals surface area contributed by atoms with Gasteiger partial charge in [-0.2, -0.15) is 4.31 Å². The number of nitrogens with one attached hydrogen (secondary N) is 1. The number of carbonyl (C=O) groups excluding carboxylic acids is 1. The Morgan fingerprint density at radius 3 is 2.41 bits per heavy atom. The van der Waals surface area contributed by atoms with E-state index in [1.54, 1.807) is 12.1 Å². The van der Waals surface area contributed by atoms with E-state index < -0.39 is 10.0 Å². The van der Waals surface area contributed by atoms with Gasteiger partial charge in [-0.1, -0.05) is 26.0 Å². The lowest BCUT2D eigenvalue weighted by Crippen LogP contribution is -2.42. The van der Waals surface area contributed by atoms with Gasteiger partial charge in [0.25, 0.3) is 5.91 Å². The van der Waals surface area contributed by atoms with E-state index in [0.717, 1.165) is 25.2 Å². The number of morpholine rings is 1. The van der Waals surface area contributed by atoms with E-state index in [0.29, 0.717) is 32.0 Å². The molecule has 1 N–H and O–H groups in total. The fraction of sp³-hybridized carbons (Fsp3) is 0.480. The molecule has 2 fully saturated rings. The number of sulfonamides is 1. The van der Waals surface area contributed by atoms with Gasteiger partial charge >= 0.3 is 0 Å². The Morgan fingerprint density at radius 1 is 1.06 bits per heavy atom. The smallest absolute Gasteiger partial charge is 0.255 e. The maximum absolute atomic E-state index is 13.5. The molecular weight excluding hydrogens is 454 g/mol. The Kier molecular flexibility index (Phi) is 7.45. The standard InChI is InChI=1S/C25H33N3O5S/c1-18-14-19(2)17-28(16-18)34(30,31)24-15-20(8-9-23(24)32-3)25(29)26-21-6-4-5-7-22(21)27-10-12-33-13-11-27/h4-9,15,18-19H,10-14,16-17H2,1-3H3,(H,26,29)/t18-,19+. The molecule has 2 aliphatic rings. The molecule has 0 saturated carbocycles. The number of amides is 1. The predicted octanol–water partition coefficient (Wildman–Crippen LogP) is 3.45. The SMILES string of the molecule is COc1ccc(C(=O)Nc2ccccc2N2CCOCC2)cc1S(=O)(=O)N1C[C@H](C)C[C@H](C)C1. The van der Waals surface area contributed by atoms with Crippen molar-refractivity contribution in [3.05, 3.63) is 48.0 Å². The number of rotatable bonds is 6. The summed E-state index contributed by atoms with van der Waals surface area (Å²) in [6, 6.07) is 12.2. The molecule has 2 atom stereocenters. The van der Waals surface area contributed by atoms with Gasteiger partial charge in [-0.15, -0.1) is 0 Å². The number of piperidine rings is 1. The third kappa shape index (κ3) is 5.21. The highest BCUT2D eigenvalue weighted by Gasteiger charge is 2.34. The van der Waals surface area contributed by atoms with Crippen LogP contribution in [0.2, 0.25) is 0 Å². The molecule has 0 unspecified atom stereocenters. The Hall–Kier alpha value is -2.62. The number of hydrogen-bond donors (Lipinski definition) is 1. The van der Waals surface area contributed by atoms with Crippen LogP contribution in [0.25, 0.3) is 0 Å². The number of benzene rings is 2. The Bertz CT molecular complexity index is 1120. The molecule has 9 heteroatoms. The minimum atomic E-state index is -3.82. The number of anilines is 2. The summed E-state index contributed by atoms with van der Waals surface area (Å²) in [6.07, 6.45) is 0.994. The third-order valence-corrected chi connectivity index (χ3v) is 8.24. The van der Waals surface area contributed by atoms with Crippen LogP contribution in [0.3, 0.4) is 0 Å². The number of methoxy groups -OCH3 is 1. The first-order valence-electron chi connectivity index (χ1n) is 11.7. The molecule has 184 valence electrons. The largest absolute Gasteiger partial charge is 0.495 e. The lowest BCUT2D eigenvalue weighted by atomic mass is 9.94. The first-order valence-corrected chi connectivity index (χ1v) is 13.1. The molecule has 2 saturated heterocycles. The van der Waals surface area contributed by atoms with Crippen molar-refractivity contribution in [2.24, 2.45) is 11.8 Å². The summed E-state index contributed by atoms with van der Waals surface area (Å²) in [6.45, 7) is 7.79. The Labute approximate surface area is 201 Å². The van der Waals surface area contributed by atoms with Crippen molar-refractivity contribution in [3.8, 4) is 5.75 Å². The molecule has 0 spiro atoms. The number of ether oxygens (including phenoxy) is 2. The van der Waals surface area contributed by atoms with Gasteiger partial charge in [0.15, 0.2) is 0 Å². The number of carbonyl (C=O) groups is 1. The maximum Gasteiger partial charge on any atom is 0.255 e. The lowest BCUT2D eigenvalue weighted by Gasteiger charge is -2.34. The van der Waals surface area contributed by atoms with Crippen molar-refractivity contribution < 1.29 is 22.7 Å². The Morgan fingerprint density at radius 2 is 1.74 bits per heavy atom. The van der Waals surface area contributed by atoms with Crippen molar-refractivity contribution in [1.29, 1.82) is 0 Å². The van der Waals surface area contributed by atoms with E-state index in [9.17, 15) is 13.2 Å². The van der Waals surface area contributed by atoms with E-state index in [4.69, 9.17) is 9.47 Å². The van der Waals surface area contributed by atoms with Crippen molar-refractivity contribution in [2.75, 3.05) is 56.7 Å². The summed E-state index contributed by atoms with van der Waals surface area (Å²) in [4.78, 5) is 15.4. The van der Waals surface area contributed by atoms with Crippen LogP contribution in [0.1, 0.15) is 30.6 Å². The molecule has 2 aromatic rings. The highest BCUT2D eigenvalue weighted by Crippen LogP contribution is 2.33. The van der Waals surface area contributed by atoms with Crippen LogP contribution < -0.4 is 15.0 Å². The molecule has 0 bridgehead atoms. The molecule has 2 aromatic carbocycles. The van der Waals surface area contributed by atoms with Gasteiger partial charge in [-0.3, -0.25) is 4.79 Å². The normalized spacial score (nSPS) is 21.8. The summed E-state index contributed by atoms with van der Waals surface area (Å²) in [5.74, 6) is 0.400. The second-order valence-corrected chi connectivity index (χ2v) is 11.1. The topological polar surface area (TPSA) is 88.2 Å². The van der Waals surface area contributed by atoms with Gasteiger partial charge in [0.1, 0.15) is 10.6 Å². The second-order valence-electron chi connectivity index (χ2n) is 9.20. The average Bonchev–Trinajstić information content (AvgIpc) is 2.84. The number of hydrogen-bond acceptors (Lipinski definition) is 6. The van der Waals surface area contributed by atoms with E-state index >= 15 is 0 Å². The fourth-order valence-corrected chi connectivity index (χ4v) is 6.68. The second kappa shape index (κ2) is 10.3. The minimum absolute atomic E-state index is 0.0189. The monoisotopic (exact) mass is 487 g/mol. The van der Waals surface area contributed by atoms with Gasteiger partial charge in [0, 0.05) is 31.7 Å². The molecule has 0 radical (unpaired) electrons. The first-order chi connectivity index (χ1) is 16.3. The molecule has 0 aliphatic carbocycles. The van der Waals surface area contributed by atoms with E-state index in [2.05, 4.69) is 24.1 Å². The van der Waals surface area contributed by atoms with Crippen LogP contribution in [0.15, 0.2) is 47.4 Å². The molecular formula is C25H33N3O5S. The number of para-hydroxylation sites is 2. The molecule has 0 aromatic heterocycles. The summed E-state index contributed by atoms with van der Waals surface area (Å²) in [5.41, 5.74) is 1.85. The molecule has 8 nitrogen and oxygen atoms in total. The molecule has 2 heterocycles. The van der Waals surface area contributed by atoms with Crippen LogP contribution in [-0.4, -0.2) is 65.1 Å². The molecule has 1 amide bonds. The lowest BCUT2D eigenvalue weighted by molar-refractivity contribution is 0.102. The van der Waals surface area contributed by atoms with Crippen molar-refractivity contribution in [2.45, 2.75) is 25.2 Å². The highest BCUT2D eigenvalue weighted by molar-refractivity contribution is 7.89. The third-order valence-electron chi connectivity index (χ3n) is 6.38. The molecule has 34 heavy (non-hydrogen) atoms. The average molecular weight is 488 g/mol. The van der Waals surface area contributed by atoms with E-state index in [1.165, 1.54) is 17.5 Å². The molecule has 2 aliphatic heterocycles. The van der Waals surface area contributed by atoms with Gasteiger partial charge in [-0.05, 0) is 48.6 Å². The van der Waals surface area contributed by atoms with Crippen molar-refractivity contribution in [3.63, 3.8) is 0 Å². The van der Waals surface area contributed by atoms with Gasteiger partial charge in [0.2, 0.25) is 10.0 Å². The number of nitrogens with zero attached hydrogens (tertiary/aromatic N) is 2. The van der Waals surface area contributed by atoms with Crippen LogP contribution in [0.5, 0.6) is 5.75 Å². The summed E-state index contributed by atoms with van der Waals surface area (Å²) in [5, 5.41) is 2.96.